The minimum atomic E-state index is -4.63. The van der Waals surface area contributed by atoms with Crippen molar-refractivity contribution in [2.45, 2.75) is 25.5 Å². The molecule has 1 aromatic rings. The van der Waals surface area contributed by atoms with E-state index >= 15 is 0 Å². The maximum absolute atomic E-state index is 12.6. The van der Waals surface area contributed by atoms with Gasteiger partial charge in [-0.15, -0.1) is 11.3 Å². The zero-order valence-electron chi connectivity index (χ0n) is 9.65. The molecule has 0 aromatic carbocycles. The van der Waals surface area contributed by atoms with Crippen molar-refractivity contribution < 1.29 is 31.1 Å². The van der Waals surface area contributed by atoms with Gasteiger partial charge >= 0.3 is 12.4 Å². The number of ether oxygens (including phenoxy) is 1. The van der Waals surface area contributed by atoms with Gasteiger partial charge in [-0.2, -0.15) is 26.3 Å². The van der Waals surface area contributed by atoms with Crippen molar-refractivity contribution in [2.24, 2.45) is 0 Å². The van der Waals surface area contributed by atoms with Crippen molar-refractivity contribution in [3.8, 4) is 0 Å². The molecule has 0 aliphatic rings. The van der Waals surface area contributed by atoms with Crippen LogP contribution in [0, 0.1) is 0 Å². The molecule has 1 rings (SSSR count). The first kappa shape index (κ1) is 16.2. The Labute approximate surface area is 108 Å². The van der Waals surface area contributed by atoms with Crippen molar-refractivity contribution in [2.75, 3.05) is 13.7 Å². The highest BCUT2D eigenvalue weighted by atomic mass is 32.1. The van der Waals surface area contributed by atoms with Crippen LogP contribution >= 0.6 is 11.3 Å². The molecule has 1 N–H and O–H groups in total. The molecule has 0 radical (unpaired) electrons. The number of nitrogens with zero attached hydrogens (tertiary/aromatic N) is 1. The standard InChI is InChI=1S/C9H10F6N2OS/c1-16-2-5-7(9(13,14)15)17-6(19-5)3-18-4-8(10,11)12/h16H,2-4H2,1H3. The largest absolute Gasteiger partial charge is 0.434 e. The smallest absolute Gasteiger partial charge is 0.365 e. The number of aromatic nitrogens is 1. The molecule has 0 atom stereocenters. The van der Waals surface area contributed by atoms with Crippen molar-refractivity contribution in [3.05, 3.63) is 15.6 Å². The minimum Gasteiger partial charge on any atom is -0.365 e. The average molecular weight is 308 g/mol. The van der Waals surface area contributed by atoms with E-state index in [2.05, 4.69) is 15.0 Å². The lowest BCUT2D eigenvalue weighted by Gasteiger charge is -2.05. The van der Waals surface area contributed by atoms with Gasteiger partial charge in [0.1, 0.15) is 11.6 Å². The van der Waals surface area contributed by atoms with Gasteiger partial charge < -0.3 is 10.1 Å². The molecule has 0 unspecified atom stereocenters. The lowest BCUT2D eigenvalue weighted by molar-refractivity contribution is -0.176. The van der Waals surface area contributed by atoms with Gasteiger partial charge in [-0.25, -0.2) is 4.98 Å². The van der Waals surface area contributed by atoms with Crippen molar-refractivity contribution in [3.63, 3.8) is 0 Å². The van der Waals surface area contributed by atoms with Gasteiger partial charge in [0.2, 0.25) is 0 Å². The Morgan fingerprint density at radius 2 is 1.84 bits per heavy atom. The number of thiazole rings is 1. The number of hydrogen-bond donors (Lipinski definition) is 1. The zero-order valence-corrected chi connectivity index (χ0v) is 10.5. The predicted octanol–water partition coefficient (Wildman–Crippen LogP) is 2.96. The molecule has 1 aromatic heterocycles. The summed E-state index contributed by atoms with van der Waals surface area (Å²) in [5.41, 5.74) is -1.09. The Morgan fingerprint density at radius 1 is 1.21 bits per heavy atom. The first-order chi connectivity index (χ1) is 8.63. The number of alkyl halides is 6. The van der Waals surface area contributed by atoms with Crippen molar-refractivity contribution >= 4 is 11.3 Å². The van der Waals surface area contributed by atoms with Gasteiger partial charge in [-0.05, 0) is 7.05 Å². The molecular weight excluding hydrogens is 298 g/mol. The summed E-state index contributed by atoms with van der Waals surface area (Å²) >= 11 is 0.676. The van der Waals surface area contributed by atoms with Crippen LogP contribution in [0.4, 0.5) is 26.3 Å². The molecule has 0 bridgehead atoms. The van der Waals surface area contributed by atoms with Gasteiger partial charge in [-0.3, -0.25) is 0 Å². The van der Waals surface area contributed by atoms with E-state index in [1.54, 1.807) is 0 Å². The highest BCUT2D eigenvalue weighted by Crippen LogP contribution is 2.34. The molecule has 0 amide bonds. The summed E-state index contributed by atoms with van der Waals surface area (Å²) in [5, 5.41) is 2.40. The van der Waals surface area contributed by atoms with E-state index < -0.39 is 31.3 Å². The molecular formula is C9H10F6N2OS. The van der Waals surface area contributed by atoms with Gasteiger partial charge in [0.25, 0.3) is 0 Å². The second-order valence-corrected chi connectivity index (χ2v) is 4.68. The molecule has 0 aliphatic carbocycles. The minimum absolute atomic E-state index is 0.0637. The number of halogens is 6. The van der Waals surface area contributed by atoms with Crippen molar-refractivity contribution in [1.29, 1.82) is 0 Å². The Hall–Kier alpha value is -0.870. The third-order valence-corrected chi connectivity index (χ3v) is 2.87. The van der Waals surface area contributed by atoms with Crippen LogP contribution in [0.2, 0.25) is 0 Å². The highest BCUT2D eigenvalue weighted by molar-refractivity contribution is 7.11. The van der Waals surface area contributed by atoms with Gasteiger partial charge in [0, 0.05) is 6.54 Å². The quantitative estimate of drug-likeness (QED) is 0.849. The molecule has 0 fully saturated rings. The topological polar surface area (TPSA) is 34.1 Å². The third kappa shape index (κ3) is 5.33. The summed E-state index contributed by atoms with van der Waals surface area (Å²) in [6.45, 7) is -2.18. The predicted molar refractivity (Wildman–Crippen MR) is 55.6 cm³/mol. The van der Waals surface area contributed by atoms with Crippen LogP contribution in [0.1, 0.15) is 15.6 Å². The normalized spacial score (nSPS) is 13.0. The number of nitrogens with one attached hydrogen (secondary N) is 1. The van der Waals surface area contributed by atoms with E-state index in [4.69, 9.17) is 0 Å². The molecule has 10 heteroatoms. The summed E-state index contributed by atoms with van der Waals surface area (Å²) in [6, 6.07) is 0. The maximum atomic E-state index is 12.6. The van der Waals surface area contributed by atoms with E-state index in [1.165, 1.54) is 7.05 Å². The molecule has 0 spiro atoms. The zero-order chi connectivity index (χ0) is 14.7. The number of rotatable bonds is 5. The number of hydrogen-bond acceptors (Lipinski definition) is 4. The average Bonchev–Trinajstić information content (AvgIpc) is 2.59. The lowest BCUT2D eigenvalue weighted by atomic mass is 10.3. The van der Waals surface area contributed by atoms with E-state index in [1.807, 2.05) is 0 Å². The van der Waals surface area contributed by atoms with E-state index in [0.29, 0.717) is 11.3 Å². The highest BCUT2D eigenvalue weighted by Gasteiger charge is 2.37. The Bertz CT molecular complexity index is 414. The van der Waals surface area contributed by atoms with Crippen LogP contribution in [0.15, 0.2) is 0 Å². The SMILES string of the molecule is CNCc1sc(COCC(F)(F)F)nc1C(F)(F)F. The van der Waals surface area contributed by atoms with Gasteiger partial charge in [-0.1, -0.05) is 0 Å². The van der Waals surface area contributed by atoms with Crippen LogP contribution in [-0.2, 0) is 24.1 Å². The third-order valence-electron chi connectivity index (χ3n) is 1.84. The summed E-state index contributed by atoms with van der Waals surface area (Å²) in [5.74, 6) is 0. The maximum Gasteiger partial charge on any atom is 0.434 e. The van der Waals surface area contributed by atoms with Crippen LogP contribution in [0.5, 0.6) is 0 Å². The molecule has 0 saturated carbocycles. The molecule has 3 nitrogen and oxygen atoms in total. The molecule has 110 valence electrons. The van der Waals surface area contributed by atoms with E-state index in [9.17, 15) is 26.3 Å². The van der Waals surface area contributed by atoms with Gasteiger partial charge in [0.15, 0.2) is 5.69 Å². The van der Waals surface area contributed by atoms with Crippen LogP contribution < -0.4 is 5.32 Å². The van der Waals surface area contributed by atoms with E-state index in [-0.39, 0.29) is 16.4 Å². The van der Waals surface area contributed by atoms with Crippen molar-refractivity contribution in [1.82, 2.24) is 10.3 Å². The Morgan fingerprint density at radius 3 is 2.32 bits per heavy atom. The molecule has 0 saturated heterocycles. The lowest BCUT2D eigenvalue weighted by Crippen LogP contribution is -2.16. The monoisotopic (exact) mass is 308 g/mol. The fourth-order valence-electron chi connectivity index (χ4n) is 1.22. The summed E-state index contributed by atoms with van der Waals surface area (Å²) in [7, 11) is 1.46. The fourth-order valence-corrected chi connectivity index (χ4v) is 2.26. The van der Waals surface area contributed by atoms with E-state index in [0.717, 1.165) is 0 Å². The fraction of sp³-hybridized carbons (Fsp3) is 0.667. The van der Waals surface area contributed by atoms with Crippen LogP contribution in [-0.4, -0.2) is 24.8 Å². The Balaban J connectivity index is 2.75. The summed E-state index contributed by atoms with van der Waals surface area (Å²) in [4.78, 5) is 3.20. The van der Waals surface area contributed by atoms with Gasteiger partial charge in [0.05, 0.1) is 11.5 Å². The molecule has 0 aliphatic heterocycles. The second kappa shape index (κ2) is 6.06. The Kier molecular flexibility index (Phi) is 5.16. The van der Waals surface area contributed by atoms with Crippen LogP contribution in [0.3, 0.4) is 0 Å². The summed E-state index contributed by atoms with van der Waals surface area (Å²) < 4.78 is 77.5. The first-order valence-electron chi connectivity index (χ1n) is 4.98. The molecule has 19 heavy (non-hydrogen) atoms. The second-order valence-electron chi connectivity index (χ2n) is 3.52. The first-order valence-corrected chi connectivity index (χ1v) is 5.80. The summed E-state index contributed by atoms with van der Waals surface area (Å²) in [6.07, 6.45) is -9.15. The van der Waals surface area contributed by atoms with Crippen LogP contribution in [0.25, 0.3) is 0 Å². The molecule has 1 heterocycles.